The lowest BCUT2D eigenvalue weighted by molar-refractivity contribution is -0.140. The number of amides is 1. The number of nitrogens with one attached hydrogen (secondary N) is 2. The fourth-order valence-electron chi connectivity index (χ4n) is 2.90. The van der Waals surface area contributed by atoms with Gasteiger partial charge >= 0.3 is 5.97 Å². The summed E-state index contributed by atoms with van der Waals surface area (Å²) in [6.07, 6.45) is 0. The molecule has 158 valence electrons. The summed E-state index contributed by atoms with van der Waals surface area (Å²) < 4.78 is 30.1. The average Bonchev–Trinajstić information content (AvgIpc) is 2.67. The van der Waals surface area contributed by atoms with Gasteiger partial charge in [0, 0.05) is 28.8 Å². The number of carbonyl (C=O) groups is 2. The fraction of sp³-hybridized carbons (Fsp3) is 0.304. The van der Waals surface area contributed by atoms with Crippen LogP contribution in [0.1, 0.15) is 37.5 Å². The normalized spacial score (nSPS) is 11.5. The zero-order valence-corrected chi connectivity index (χ0v) is 17.5. The standard InChI is InChI=1S/C23H24F2N2O3/c1-12(2)26-17-8-6-16(7-9-17)20-14(4)21(24)18(13(3)22(20)25)10-11-19(28)27-15(5)23(29)30/h6-9,12,15,26H,1-5H3,(H,27,28)(H,29,30). The molecule has 0 aliphatic carbocycles. The second-order valence-electron chi connectivity index (χ2n) is 7.29. The molecule has 0 heterocycles. The Balaban J connectivity index is 2.42. The summed E-state index contributed by atoms with van der Waals surface area (Å²) in [4.78, 5) is 22.5. The number of anilines is 1. The Bertz CT molecular complexity index is 1010. The Morgan fingerprint density at radius 1 is 1.00 bits per heavy atom. The number of carbonyl (C=O) groups excluding carboxylic acids is 1. The molecule has 5 nitrogen and oxygen atoms in total. The highest BCUT2D eigenvalue weighted by Crippen LogP contribution is 2.33. The highest BCUT2D eigenvalue weighted by Gasteiger charge is 2.20. The maximum Gasteiger partial charge on any atom is 0.325 e. The third-order valence-corrected chi connectivity index (χ3v) is 4.50. The molecular formula is C23H24F2N2O3. The van der Waals surface area contributed by atoms with E-state index < -0.39 is 29.6 Å². The van der Waals surface area contributed by atoms with E-state index in [1.54, 1.807) is 24.3 Å². The van der Waals surface area contributed by atoms with Gasteiger partial charge in [-0.3, -0.25) is 9.59 Å². The number of halogens is 2. The molecular weight excluding hydrogens is 390 g/mol. The van der Waals surface area contributed by atoms with Crippen molar-refractivity contribution < 1.29 is 23.5 Å². The van der Waals surface area contributed by atoms with Crippen LogP contribution >= 0.6 is 0 Å². The van der Waals surface area contributed by atoms with Crippen molar-refractivity contribution in [1.29, 1.82) is 0 Å². The van der Waals surface area contributed by atoms with Crippen LogP contribution in [-0.2, 0) is 9.59 Å². The zero-order chi connectivity index (χ0) is 22.6. The highest BCUT2D eigenvalue weighted by atomic mass is 19.1. The number of aliphatic carboxylic acids is 1. The SMILES string of the molecule is Cc1c(F)c(-c2ccc(NC(C)C)cc2)c(C)c(F)c1C#CC(=O)NC(C)C(=O)O. The van der Waals surface area contributed by atoms with Gasteiger partial charge in [0.1, 0.15) is 17.7 Å². The number of rotatable bonds is 5. The lowest BCUT2D eigenvalue weighted by Crippen LogP contribution is -2.37. The molecule has 30 heavy (non-hydrogen) atoms. The average molecular weight is 414 g/mol. The van der Waals surface area contributed by atoms with Crippen molar-refractivity contribution >= 4 is 17.6 Å². The summed E-state index contributed by atoms with van der Waals surface area (Å²) in [7, 11) is 0. The Morgan fingerprint density at radius 3 is 2.13 bits per heavy atom. The first-order valence-corrected chi connectivity index (χ1v) is 9.43. The molecule has 2 rings (SSSR count). The summed E-state index contributed by atoms with van der Waals surface area (Å²) in [6, 6.07) is 6.10. The Kier molecular flexibility index (Phi) is 7.17. The van der Waals surface area contributed by atoms with Gasteiger partial charge in [0.05, 0.1) is 5.56 Å². The molecule has 0 spiro atoms. The van der Waals surface area contributed by atoms with Crippen molar-refractivity contribution in [2.45, 2.75) is 46.7 Å². The first-order chi connectivity index (χ1) is 14.0. The van der Waals surface area contributed by atoms with Crippen LogP contribution in [0.15, 0.2) is 24.3 Å². The Labute approximate surface area is 174 Å². The molecule has 2 aromatic carbocycles. The lowest BCUT2D eigenvalue weighted by Gasteiger charge is -2.15. The van der Waals surface area contributed by atoms with Crippen molar-refractivity contribution in [3.8, 4) is 23.0 Å². The van der Waals surface area contributed by atoms with Crippen LogP contribution in [0.3, 0.4) is 0 Å². The van der Waals surface area contributed by atoms with Gasteiger partial charge in [-0.2, -0.15) is 0 Å². The van der Waals surface area contributed by atoms with Gasteiger partial charge in [0.15, 0.2) is 0 Å². The van der Waals surface area contributed by atoms with Gasteiger partial charge in [-0.05, 0) is 57.9 Å². The monoisotopic (exact) mass is 414 g/mol. The predicted molar refractivity (Wildman–Crippen MR) is 112 cm³/mol. The molecule has 0 aliphatic rings. The minimum Gasteiger partial charge on any atom is -0.480 e. The molecule has 1 unspecified atom stereocenters. The van der Waals surface area contributed by atoms with Gasteiger partial charge in [0.25, 0.3) is 5.91 Å². The van der Waals surface area contributed by atoms with Gasteiger partial charge in [-0.1, -0.05) is 18.1 Å². The van der Waals surface area contributed by atoms with E-state index in [4.69, 9.17) is 5.11 Å². The number of hydrogen-bond donors (Lipinski definition) is 3. The van der Waals surface area contributed by atoms with Crippen molar-refractivity contribution in [3.05, 3.63) is 52.6 Å². The first kappa shape index (κ1) is 22.9. The van der Waals surface area contributed by atoms with E-state index in [1.807, 2.05) is 13.8 Å². The van der Waals surface area contributed by atoms with E-state index in [9.17, 15) is 14.0 Å². The second-order valence-corrected chi connectivity index (χ2v) is 7.29. The van der Waals surface area contributed by atoms with Crippen LogP contribution in [-0.4, -0.2) is 29.1 Å². The summed E-state index contributed by atoms with van der Waals surface area (Å²) in [5, 5.41) is 14.2. The van der Waals surface area contributed by atoms with Gasteiger partial charge in [0.2, 0.25) is 0 Å². The molecule has 1 amide bonds. The summed E-state index contributed by atoms with van der Waals surface area (Å²) in [6.45, 7) is 8.11. The smallest absolute Gasteiger partial charge is 0.325 e. The van der Waals surface area contributed by atoms with Gasteiger partial charge in [-0.15, -0.1) is 0 Å². The molecule has 0 radical (unpaired) electrons. The minimum absolute atomic E-state index is 0.0240. The predicted octanol–water partition coefficient (Wildman–Crippen LogP) is 4.01. The third kappa shape index (κ3) is 5.15. The van der Waals surface area contributed by atoms with Crippen molar-refractivity contribution in [2.24, 2.45) is 0 Å². The van der Waals surface area contributed by atoms with Crippen molar-refractivity contribution in [3.63, 3.8) is 0 Å². The van der Waals surface area contributed by atoms with Crippen LogP contribution in [0.25, 0.3) is 11.1 Å². The summed E-state index contributed by atoms with van der Waals surface area (Å²) in [5.41, 5.74) is 1.35. The number of carboxylic acid groups (broad SMARTS) is 1. The fourth-order valence-corrected chi connectivity index (χ4v) is 2.90. The van der Waals surface area contributed by atoms with E-state index in [-0.39, 0.29) is 28.3 Å². The molecule has 0 saturated carbocycles. The van der Waals surface area contributed by atoms with Crippen LogP contribution in [0.5, 0.6) is 0 Å². The molecule has 3 N–H and O–H groups in total. The maximum absolute atomic E-state index is 15.1. The molecule has 0 aliphatic heterocycles. The van der Waals surface area contributed by atoms with Crippen LogP contribution in [0.2, 0.25) is 0 Å². The second kappa shape index (κ2) is 9.40. The van der Waals surface area contributed by atoms with E-state index >= 15 is 4.39 Å². The van der Waals surface area contributed by atoms with Crippen LogP contribution in [0, 0.1) is 37.3 Å². The molecule has 1 atom stereocenters. The van der Waals surface area contributed by atoms with Gasteiger partial charge in [-0.25, -0.2) is 8.78 Å². The summed E-state index contributed by atoms with van der Waals surface area (Å²) >= 11 is 0. The molecule has 7 heteroatoms. The lowest BCUT2D eigenvalue weighted by atomic mass is 9.93. The number of carboxylic acids is 1. The number of benzene rings is 2. The highest BCUT2D eigenvalue weighted by molar-refractivity contribution is 5.96. The van der Waals surface area contributed by atoms with Crippen LogP contribution < -0.4 is 10.6 Å². The maximum atomic E-state index is 15.1. The number of hydrogen-bond acceptors (Lipinski definition) is 3. The molecule has 0 bridgehead atoms. The molecule has 0 aromatic heterocycles. The molecule has 0 fully saturated rings. The minimum atomic E-state index is -1.23. The first-order valence-electron chi connectivity index (χ1n) is 9.43. The van der Waals surface area contributed by atoms with E-state index in [0.29, 0.717) is 5.56 Å². The Morgan fingerprint density at radius 2 is 1.60 bits per heavy atom. The largest absolute Gasteiger partial charge is 0.480 e. The third-order valence-electron chi connectivity index (χ3n) is 4.50. The molecule has 2 aromatic rings. The molecule has 0 saturated heterocycles. The van der Waals surface area contributed by atoms with Crippen LogP contribution in [0.4, 0.5) is 14.5 Å². The zero-order valence-electron chi connectivity index (χ0n) is 17.5. The van der Waals surface area contributed by atoms with E-state index in [0.717, 1.165) is 5.69 Å². The van der Waals surface area contributed by atoms with Gasteiger partial charge < -0.3 is 15.7 Å². The summed E-state index contributed by atoms with van der Waals surface area (Å²) in [5.74, 6) is 1.00. The van der Waals surface area contributed by atoms with Crippen molar-refractivity contribution in [1.82, 2.24) is 5.32 Å². The topological polar surface area (TPSA) is 78.4 Å². The van der Waals surface area contributed by atoms with E-state index in [1.165, 1.54) is 20.8 Å². The Hall–Kier alpha value is -3.40. The van der Waals surface area contributed by atoms with E-state index in [2.05, 4.69) is 22.5 Å². The quantitative estimate of drug-likeness (QED) is 0.646. The van der Waals surface area contributed by atoms with Crippen molar-refractivity contribution in [2.75, 3.05) is 5.32 Å².